The van der Waals surface area contributed by atoms with Gasteiger partial charge in [-0.25, -0.2) is 0 Å². The third-order valence-corrected chi connectivity index (χ3v) is 4.21. The van der Waals surface area contributed by atoms with E-state index in [-0.39, 0.29) is 18.3 Å². The van der Waals surface area contributed by atoms with Crippen LogP contribution in [-0.2, 0) is 0 Å². The first-order valence-electron chi connectivity index (χ1n) is 7.94. The number of amides is 1. The van der Waals surface area contributed by atoms with Crippen molar-refractivity contribution in [1.82, 2.24) is 4.98 Å². The van der Waals surface area contributed by atoms with Crippen molar-refractivity contribution >= 4 is 34.9 Å². The van der Waals surface area contributed by atoms with Crippen molar-refractivity contribution < 1.29 is 14.3 Å². The van der Waals surface area contributed by atoms with Gasteiger partial charge in [0.2, 0.25) is 0 Å². The first-order valence-corrected chi connectivity index (χ1v) is 7.94. The third kappa shape index (κ3) is 3.58. The number of hydrogen-bond acceptors (Lipinski definition) is 4. The SMILES string of the molecule is COc1ccc(OC)c(NC(=O)c2c(C)nc3ccccc3c2C)c1.Cl. The van der Waals surface area contributed by atoms with Crippen LogP contribution < -0.4 is 14.8 Å². The first-order chi connectivity index (χ1) is 12.0. The number of carbonyl (C=O) groups excluding carboxylic acids is 1. The van der Waals surface area contributed by atoms with Gasteiger partial charge in [0, 0.05) is 11.5 Å². The Balaban J connectivity index is 0.00000243. The van der Waals surface area contributed by atoms with Crippen LogP contribution >= 0.6 is 12.4 Å². The fraction of sp³-hybridized carbons (Fsp3) is 0.200. The number of halogens is 1. The number of nitrogens with zero attached hydrogens (tertiary/aromatic N) is 1. The number of hydrogen-bond donors (Lipinski definition) is 1. The van der Waals surface area contributed by atoms with Gasteiger partial charge in [-0.3, -0.25) is 9.78 Å². The zero-order valence-corrected chi connectivity index (χ0v) is 15.9. The highest BCUT2D eigenvalue weighted by molar-refractivity contribution is 6.09. The quantitative estimate of drug-likeness (QED) is 0.730. The highest BCUT2D eigenvalue weighted by Crippen LogP contribution is 2.30. The Labute approximate surface area is 158 Å². The molecule has 0 aliphatic rings. The summed E-state index contributed by atoms with van der Waals surface area (Å²) in [5, 5.41) is 3.88. The number of carbonyl (C=O) groups is 1. The Morgan fingerprint density at radius 3 is 2.46 bits per heavy atom. The summed E-state index contributed by atoms with van der Waals surface area (Å²) in [6.07, 6.45) is 0. The minimum Gasteiger partial charge on any atom is -0.497 e. The van der Waals surface area contributed by atoms with Gasteiger partial charge in [-0.15, -0.1) is 12.4 Å². The Morgan fingerprint density at radius 2 is 1.77 bits per heavy atom. The Hall–Kier alpha value is -2.79. The van der Waals surface area contributed by atoms with Gasteiger partial charge in [-0.2, -0.15) is 0 Å². The van der Waals surface area contributed by atoms with Crippen molar-refractivity contribution in [2.24, 2.45) is 0 Å². The normalized spacial score (nSPS) is 10.2. The van der Waals surface area contributed by atoms with Crippen LogP contribution in [0.5, 0.6) is 11.5 Å². The van der Waals surface area contributed by atoms with E-state index in [0.717, 1.165) is 16.5 Å². The van der Waals surface area contributed by atoms with Gasteiger partial charge in [0.25, 0.3) is 5.91 Å². The van der Waals surface area contributed by atoms with E-state index in [1.54, 1.807) is 32.4 Å². The first kappa shape index (κ1) is 19.5. The average molecular weight is 373 g/mol. The number of aryl methyl sites for hydroxylation is 2. The monoisotopic (exact) mass is 372 g/mol. The maximum absolute atomic E-state index is 12.9. The van der Waals surface area contributed by atoms with Crippen LogP contribution in [0.1, 0.15) is 21.6 Å². The Kier molecular flexibility index (Phi) is 6.05. The summed E-state index contributed by atoms with van der Waals surface area (Å²) in [4.78, 5) is 17.5. The van der Waals surface area contributed by atoms with Crippen molar-refractivity contribution in [3.63, 3.8) is 0 Å². The third-order valence-electron chi connectivity index (χ3n) is 4.21. The molecule has 6 heteroatoms. The number of benzene rings is 2. The molecule has 0 spiro atoms. The summed E-state index contributed by atoms with van der Waals surface area (Å²) >= 11 is 0. The van der Waals surface area contributed by atoms with Gasteiger partial charge < -0.3 is 14.8 Å². The van der Waals surface area contributed by atoms with E-state index in [1.165, 1.54) is 0 Å². The van der Waals surface area contributed by atoms with Crippen molar-refractivity contribution in [2.75, 3.05) is 19.5 Å². The lowest BCUT2D eigenvalue weighted by Gasteiger charge is -2.15. The van der Waals surface area contributed by atoms with Gasteiger partial charge in [-0.1, -0.05) is 18.2 Å². The standard InChI is InChI=1S/C20H20N2O3.ClH/c1-12-15-7-5-6-8-16(15)21-13(2)19(12)20(23)22-17-11-14(24-3)9-10-18(17)25-4;/h5-11H,1-4H3,(H,22,23);1H. The molecule has 1 heterocycles. The van der Waals surface area contributed by atoms with Crippen LogP contribution in [0.2, 0.25) is 0 Å². The number of methoxy groups -OCH3 is 2. The lowest BCUT2D eigenvalue weighted by molar-refractivity contribution is 0.102. The minimum atomic E-state index is -0.222. The molecule has 1 amide bonds. The van der Waals surface area contributed by atoms with Crippen molar-refractivity contribution in [2.45, 2.75) is 13.8 Å². The summed E-state index contributed by atoms with van der Waals surface area (Å²) in [5.41, 5.74) is 3.61. The molecule has 0 atom stereocenters. The van der Waals surface area contributed by atoms with E-state index < -0.39 is 0 Å². The van der Waals surface area contributed by atoms with E-state index >= 15 is 0 Å². The van der Waals surface area contributed by atoms with E-state index in [1.807, 2.05) is 38.1 Å². The molecule has 136 valence electrons. The van der Waals surface area contributed by atoms with Crippen LogP contribution in [0.15, 0.2) is 42.5 Å². The molecule has 0 saturated heterocycles. The van der Waals surface area contributed by atoms with Crippen molar-refractivity contribution in [3.8, 4) is 11.5 Å². The minimum absolute atomic E-state index is 0. The average Bonchev–Trinajstić information content (AvgIpc) is 2.61. The van der Waals surface area contributed by atoms with Crippen LogP contribution in [0.4, 0.5) is 5.69 Å². The maximum Gasteiger partial charge on any atom is 0.257 e. The lowest BCUT2D eigenvalue weighted by Crippen LogP contribution is -2.16. The second-order valence-electron chi connectivity index (χ2n) is 5.73. The molecule has 0 aliphatic heterocycles. The maximum atomic E-state index is 12.9. The van der Waals surface area contributed by atoms with Crippen LogP contribution in [0.3, 0.4) is 0 Å². The number of fused-ring (bicyclic) bond motifs is 1. The summed E-state index contributed by atoms with van der Waals surface area (Å²) < 4.78 is 10.6. The van der Waals surface area contributed by atoms with Crippen molar-refractivity contribution in [3.05, 3.63) is 59.3 Å². The second kappa shape index (κ2) is 8.06. The van der Waals surface area contributed by atoms with E-state index in [9.17, 15) is 4.79 Å². The smallest absolute Gasteiger partial charge is 0.257 e. The number of rotatable bonds is 4. The zero-order valence-electron chi connectivity index (χ0n) is 15.1. The molecule has 2 aromatic carbocycles. The van der Waals surface area contributed by atoms with E-state index in [4.69, 9.17) is 9.47 Å². The van der Waals surface area contributed by atoms with Crippen LogP contribution in [-0.4, -0.2) is 25.1 Å². The topological polar surface area (TPSA) is 60.5 Å². The van der Waals surface area contributed by atoms with Gasteiger partial charge >= 0.3 is 0 Å². The molecule has 5 nitrogen and oxygen atoms in total. The van der Waals surface area contributed by atoms with Crippen molar-refractivity contribution in [1.29, 1.82) is 0 Å². The molecule has 1 N–H and O–H groups in total. The van der Waals surface area contributed by atoms with E-state index in [2.05, 4.69) is 10.3 Å². The molecule has 3 rings (SSSR count). The van der Waals surface area contributed by atoms with Crippen LogP contribution in [0, 0.1) is 13.8 Å². The molecule has 0 saturated carbocycles. The van der Waals surface area contributed by atoms with Gasteiger partial charge in [0.1, 0.15) is 11.5 Å². The summed E-state index contributed by atoms with van der Waals surface area (Å²) in [6.45, 7) is 3.78. The number of anilines is 1. The predicted octanol–water partition coefficient (Wildman–Crippen LogP) is 4.54. The molecular formula is C20H21ClN2O3. The lowest BCUT2D eigenvalue weighted by atomic mass is 10.0. The molecule has 0 aliphatic carbocycles. The molecule has 26 heavy (non-hydrogen) atoms. The molecule has 1 aromatic heterocycles. The summed E-state index contributed by atoms with van der Waals surface area (Å²) in [5.74, 6) is 0.985. The fourth-order valence-corrected chi connectivity index (χ4v) is 2.96. The molecular weight excluding hydrogens is 352 g/mol. The zero-order chi connectivity index (χ0) is 18.0. The van der Waals surface area contributed by atoms with Gasteiger partial charge in [0.15, 0.2) is 0 Å². The summed E-state index contributed by atoms with van der Waals surface area (Å²) in [7, 11) is 3.14. The molecule has 0 radical (unpaired) electrons. The summed E-state index contributed by atoms with van der Waals surface area (Å²) in [6, 6.07) is 13.1. The molecule has 0 fully saturated rings. The van der Waals surface area contributed by atoms with Gasteiger partial charge in [-0.05, 0) is 37.6 Å². The predicted molar refractivity (Wildman–Crippen MR) is 106 cm³/mol. The van der Waals surface area contributed by atoms with Gasteiger partial charge in [0.05, 0.1) is 36.7 Å². The van der Waals surface area contributed by atoms with Crippen LogP contribution in [0.25, 0.3) is 10.9 Å². The highest BCUT2D eigenvalue weighted by Gasteiger charge is 2.18. The number of ether oxygens (including phenoxy) is 2. The highest BCUT2D eigenvalue weighted by atomic mass is 35.5. The molecule has 0 bridgehead atoms. The van der Waals surface area contributed by atoms with E-state index in [0.29, 0.717) is 28.4 Å². The molecule has 0 unspecified atom stereocenters. The molecule has 3 aromatic rings. The second-order valence-corrected chi connectivity index (χ2v) is 5.73. The Morgan fingerprint density at radius 1 is 1.04 bits per heavy atom. The number of aromatic nitrogens is 1. The fourth-order valence-electron chi connectivity index (χ4n) is 2.96. The largest absolute Gasteiger partial charge is 0.497 e. The number of para-hydroxylation sites is 1. The Bertz CT molecular complexity index is 957. The number of nitrogens with one attached hydrogen (secondary N) is 1. The number of pyridine rings is 1.